The number of hydrogen-bond acceptors (Lipinski definition) is 2. The average molecular weight is 392 g/mol. The molecule has 0 unspecified atom stereocenters. The minimum absolute atomic E-state index is 0. The molecule has 4 heteroatoms. The number of nitrogens with zero attached hydrogens (tertiary/aromatic N) is 2. The van der Waals surface area contributed by atoms with Crippen LogP contribution in [0.3, 0.4) is 0 Å². The fourth-order valence-electron chi connectivity index (χ4n) is 3.13. The molecule has 0 amide bonds. The van der Waals surface area contributed by atoms with Crippen molar-refractivity contribution in [2.45, 2.75) is 0 Å². The Bertz CT molecular complexity index is 1010. The first-order valence-corrected chi connectivity index (χ1v) is 8.21. The van der Waals surface area contributed by atoms with Gasteiger partial charge < -0.3 is 9.67 Å². The van der Waals surface area contributed by atoms with Gasteiger partial charge in [-0.15, -0.1) is 0 Å². The molecule has 0 bridgehead atoms. The summed E-state index contributed by atoms with van der Waals surface area (Å²) in [5, 5.41) is 10.3. The second kappa shape index (κ2) is 7.67. The molecule has 4 aromatic rings. The van der Waals surface area contributed by atoms with E-state index >= 15 is 0 Å². The standard InChI is InChI=1S/C22H18N2O.Zn/c1-24-21(17-12-6-3-7-13-17)20(16-10-4-2-5-11-16)23-22(24)18-14-8-9-15-19(18)25;/h2-15,25H,1H3;. The third kappa shape index (κ3) is 3.21. The van der Waals surface area contributed by atoms with Crippen molar-refractivity contribution in [3.8, 4) is 39.7 Å². The first-order valence-electron chi connectivity index (χ1n) is 8.21. The van der Waals surface area contributed by atoms with Crippen LogP contribution in [0.5, 0.6) is 5.75 Å². The van der Waals surface area contributed by atoms with Crippen molar-refractivity contribution in [3.05, 3.63) is 84.9 Å². The number of imidazole rings is 1. The number of aromatic nitrogens is 2. The van der Waals surface area contributed by atoms with E-state index in [-0.39, 0.29) is 25.2 Å². The fraction of sp³-hybridized carbons (Fsp3) is 0.0455. The van der Waals surface area contributed by atoms with Crippen molar-refractivity contribution < 1.29 is 24.6 Å². The summed E-state index contributed by atoms with van der Waals surface area (Å²) >= 11 is 0. The van der Waals surface area contributed by atoms with Gasteiger partial charge in [-0.25, -0.2) is 4.98 Å². The normalized spacial score (nSPS) is 10.3. The Balaban J connectivity index is 0.00000196. The van der Waals surface area contributed by atoms with Crippen LogP contribution in [0.2, 0.25) is 0 Å². The van der Waals surface area contributed by atoms with Crippen molar-refractivity contribution in [3.63, 3.8) is 0 Å². The van der Waals surface area contributed by atoms with E-state index in [9.17, 15) is 5.11 Å². The van der Waals surface area contributed by atoms with Gasteiger partial charge in [0.25, 0.3) is 0 Å². The molecular formula is C22H18N2OZn. The molecule has 0 radical (unpaired) electrons. The minimum Gasteiger partial charge on any atom is -0.507 e. The predicted molar refractivity (Wildman–Crippen MR) is 101 cm³/mol. The van der Waals surface area contributed by atoms with Gasteiger partial charge >= 0.3 is 0 Å². The maximum absolute atomic E-state index is 10.3. The number of phenolic OH excluding ortho intramolecular Hbond substituents is 1. The van der Waals surface area contributed by atoms with Gasteiger partial charge in [-0.3, -0.25) is 0 Å². The molecule has 1 heterocycles. The zero-order chi connectivity index (χ0) is 17.2. The molecule has 0 spiro atoms. The molecule has 0 aliphatic carbocycles. The van der Waals surface area contributed by atoms with E-state index in [2.05, 4.69) is 24.3 Å². The minimum atomic E-state index is 0. The molecule has 0 atom stereocenters. The van der Waals surface area contributed by atoms with E-state index in [4.69, 9.17) is 4.98 Å². The van der Waals surface area contributed by atoms with Crippen molar-refractivity contribution >= 4 is 0 Å². The monoisotopic (exact) mass is 390 g/mol. The first-order chi connectivity index (χ1) is 12.3. The maximum atomic E-state index is 10.3. The Morgan fingerprint density at radius 1 is 0.731 bits per heavy atom. The smallest absolute Gasteiger partial charge is 0.144 e. The summed E-state index contributed by atoms with van der Waals surface area (Å²) in [4.78, 5) is 4.89. The van der Waals surface area contributed by atoms with Gasteiger partial charge in [0.05, 0.1) is 17.0 Å². The van der Waals surface area contributed by atoms with Crippen LogP contribution in [0.25, 0.3) is 33.9 Å². The third-order valence-electron chi connectivity index (χ3n) is 4.33. The second-order valence-electron chi connectivity index (χ2n) is 5.94. The van der Waals surface area contributed by atoms with E-state index in [0.717, 1.165) is 33.9 Å². The van der Waals surface area contributed by atoms with Crippen molar-refractivity contribution in [1.82, 2.24) is 9.55 Å². The van der Waals surface area contributed by atoms with E-state index in [1.54, 1.807) is 6.07 Å². The Hall–Kier alpha value is -2.71. The van der Waals surface area contributed by atoms with Crippen LogP contribution in [0.15, 0.2) is 84.9 Å². The zero-order valence-electron chi connectivity index (χ0n) is 14.6. The molecular weight excluding hydrogens is 374 g/mol. The number of aromatic hydroxyl groups is 1. The van der Waals surface area contributed by atoms with Crippen LogP contribution in [0.1, 0.15) is 0 Å². The Labute approximate surface area is 165 Å². The quantitative estimate of drug-likeness (QED) is 0.492. The molecule has 3 nitrogen and oxygen atoms in total. The van der Waals surface area contributed by atoms with Crippen LogP contribution in [-0.4, -0.2) is 14.7 Å². The number of para-hydroxylation sites is 1. The summed E-state index contributed by atoms with van der Waals surface area (Å²) in [6, 6.07) is 27.7. The molecule has 0 saturated carbocycles. The van der Waals surface area contributed by atoms with Gasteiger partial charge in [-0.1, -0.05) is 72.8 Å². The van der Waals surface area contributed by atoms with Crippen LogP contribution in [-0.2, 0) is 26.5 Å². The van der Waals surface area contributed by atoms with Gasteiger partial charge in [0.1, 0.15) is 11.6 Å². The summed E-state index contributed by atoms with van der Waals surface area (Å²) in [6.07, 6.45) is 0. The fourth-order valence-corrected chi connectivity index (χ4v) is 3.13. The van der Waals surface area contributed by atoms with Crippen LogP contribution in [0, 0.1) is 0 Å². The zero-order valence-corrected chi connectivity index (χ0v) is 17.6. The summed E-state index contributed by atoms with van der Waals surface area (Å²) < 4.78 is 2.05. The number of benzene rings is 3. The molecule has 1 aromatic heterocycles. The molecule has 0 fully saturated rings. The summed E-state index contributed by atoms with van der Waals surface area (Å²) in [5.74, 6) is 0.977. The first kappa shape index (κ1) is 18.1. The van der Waals surface area contributed by atoms with Gasteiger partial charge in [-0.2, -0.15) is 0 Å². The van der Waals surface area contributed by atoms with Crippen LogP contribution in [0.4, 0.5) is 0 Å². The summed E-state index contributed by atoms with van der Waals surface area (Å²) in [7, 11) is 1.99. The maximum Gasteiger partial charge on any atom is 0.144 e. The molecule has 1 N–H and O–H groups in total. The predicted octanol–water partition coefficient (Wildman–Crippen LogP) is 5.12. The molecule has 4 rings (SSSR count). The van der Waals surface area contributed by atoms with Gasteiger partial charge in [0.2, 0.25) is 0 Å². The Morgan fingerprint density at radius 2 is 1.27 bits per heavy atom. The van der Waals surface area contributed by atoms with Gasteiger partial charge in [0.15, 0.2) is 0 Å². The average Bonchev–Trinajstić information content (AvgIpc) is 3.01. The van der Waals surface area contributed by atoms with Crippen molar-refractivity contribution in [2.24, 2.45) is 7.05 Å². The largest absolute Gasteiger partial charge is 0.507 e. The molecule has 0 aliphatic rings. The SMILES string of the molecule is Cn1c(-c2ccccc2O)nc(-c2ccccc2)c1-c1ccccc1.[Zn]. The number of phenols is 1. The Kier molecular flexibility index (Phi) is 5.34. The van der Waals surface area contributed by atoms with E-state index in [1.165, 1.54) is 0 Å². The molecule has 3 aromatic carbocycles. The van der Waals surface area contributed by atoms with Gasteiger partial charge in [0, 0.05) is 37.7 Å². The summed E-state index contributed by atoms with van der Waals surface area (Å²) in [6.45, 7) is 0. The number of hydrogen-bond donors (Lipinski definition) is 1. The van der Waals surface area contributed by atoms with Crippen LogP contribution < -0.4 is 0 Å². The second-order valence-corrected chi connectivity index (χ2v) is 5.94. The number of rotatable bonds is 3. The van der Waals surface area contributed by atoms with E-state index in [1.807, 2.05) is 66.2 Å². The summed E-state index contributed by atoms with van der Waals surface area (Å²) in [5.41, 5.74) is 4.82. The third-order valence-corrected chi connectivity index (χ3v) is 4.33. The van der Waals surface area contributed by atoms with Crippen molar-refractivity contribution in [1.29, 1.82) is 0 Å². The van der Waals surface area contributed by atoms with Crippen LogP contribution >= 0.6 is 0 Å². The topological polar surface area (TPSA) is 38.0 Å². The molecule has 0 aliphatic heterocycles. The van der Waals surface area contributed by atoms with Crippen molar-refractivity contribution in [2.75, 3.05) is 0 Å². The molecule has 124 valence electrons. The molecule has 0 saturated heterocycles. The van der Waals surface area contributed by atoms with Gasteiger partial charge in [-0.05, 0) is 12.1 Å². The Morgan fingerprint density at radius 3 is 1.88 bits per heavy atom. The van der Waals surface area contributed by atoms with E-state index < -0.39 is 0 Å². The van der Waals surface area contributed by atoms with E-state index in [0.29, 0.717) is 0 Å². The molecule has 26 heavy (non-hydrogen) atoms.